The van der Waals surface area contributed by atoms with Crippen molar-refractivity contribution in [2.45, 2.75) is 13.2 Å². The van der Waals surface area contributed by atoms with Gasteiger partial charge in [-0.1, -0.05) is 48.5 Å². The van der Waals surface area contributed by atoms with Gasteiger partial charge in [0, 0.05) is 16.7 Å². The Labute approximate surface area is 167 Å². The van der Waals surface area contributed by atoms with Crippen molar-refractivity contribution in [3.63, 3.8) is 0 Å². The molecule has 140 valence electrons. The molecule has 2 aliphatic heterocycles. The zero-order valence-corrected chi connectivity index (χ0v) is 16.8. The number of carbonyl (C=O) groups excluding carboxylic acids is 2. The number of fused-ring (bicyclic) bond motifs is 2. The normalized spacial score (nSPS) is 15.1. The second-order valence-corrected chi connectivity index (χ2v) is 7.76. The van der Waals surface area contributed by atoms with Crippen molar-refractivity contribution in [2.75, 3.05) is 19.1 Å². The zero-order chi connectivity index (χ0) is 19.2. The third kappa shape index (κ3) is 4.46. The summed E-state index contributed by atoms with van der Waals surface area (Å²) in [5, 5.41) is 0. The van der Waals surface area contributed by atoms with Gasteiger partial charge in [-0.25, -0.2) is 0 Å². The van der Waals surface area contributed by atoms with Crippen molar-refractivity contribution in [2.24, 2.45) is 0 Å². The summed E-state index contributed by atoms with van der Waals surface area (Å²) >= 11 is 3.10. The molecule has 2 aromatic rings. The number of hydrogen-bond donors (Lipinski definition) is 0. The maximum Gasteiger partial charge on any atom is 0.229 e. The van der Waals surface area contributed by atoms with Gasteiger partial charge in [0.25, 0.3) is 0 Å². The molecular formula is C21H20O4S2. The van der Waals surface area contributed by atoms with Gasteiger partial charge in [-0.2, -0.15) is 0 Å². The van der Waals surface area contributed by atoms with Crippen molar-refractivity contribution in [3.05, 3.63) is 80.8 Å². The van der Waals surface area contributed by atoms with Crippen LogP contribution in [0.4, 0.5) is 0 Å². The number of benzene rings is 2. The molecule has 0 unspecified atom stereocenters. The van der Waals surface area contributed by atoms with Crippen molar-refractivity contribution in [3.8, 4) is 0 Å². The molecule has 27 heavy (non-hydrogen) atoms. The van der Waals surface area contributed by atoms with E-state index in [0.717, 1.165) is 26.5 Å². The van der Waals surface area contributed by atoms with E-state index in [1.54, 1.807) is 23.5 Å². The molecule has 0 radical (unpaired) electrons. The second-order valence-electron chi connectivity index (χ2n) is 5.87. The molecule has 0 fully saturated rings. The van der Waals surface area contributed by atoms with Crippen LogP contribution in [-0.2, 0) is 22.7 Å². The van der Waals surface area contributed by atoms with Crippen LogP contribution in [0.15, 0.2) is 58.5 Å². The molecule has 0 spiro atoms. The molecule has 0 saturated heterocycles. The van der Waals surface area contributed by atoms with Gasteiger partial charge in [-0.15, -0.1) is 23.5 Å². The van der Waals surface area contributed by atoms with Gasteiger partial charge < -0.3 is 9.47 Å². The third-order valence-electron chi connectivity index (χ3n) is 4.20. The molecule has 4 rings (SSSR count). The van der Waals surface area contributed by atoms with E-state index in [0.29, 0.717) is 19.0 Å². The van der Waals surface area contributed by atoms with Gasteiger partial charge in [0.1, 0.15) is 13.2 Å². The van der Waals surface area contributed by atoms with E-state index < -0.39 is 0 Å². The monoisotopic (exact) mass is 400 g/mol. The Morgan fingerprint density at radius 2 is 1.41 bits per heavy atom. The summed E-state index contributed by atoms with van der Waals surface area (Å²) in [6.07, 6.45) is 3.91. The fraction of sp³-hybridized carbons (Fsp3) is 0.238. The van der Waals surface area contributed by atoms with Crippen LogP contribution in [0.2, 0.25) is 0 Å². The van der Waals surface area contributed by atoms with Crippen LogP contribution in [0.5, 0.6) is 0 Å². The zero-order valence-electron chi connectivity index (χ0n) is 15.2. The molecule has 0 aromatic heterocycles. The van der Waals surface area contributed by atoms with Gasteiger partial charge in [0.2, 0.25) is 5.78 Å². The van der Waals surface area contributed by atoms with Crippen molar-refractivity contribution >= 4 is 35.1 Å². The van der Waals surface area contributed by atoms with E-state index in [9.17, 15) is 9.59 Å². The molecular weight excluding hydrogens is 380 g/mol. The number of rotatable bonds is 2. The van der Waals surface area contributed by atoms with Gasteiger partial charge in [-0.3, -0.25) is 9.59 Å². The first kappa shape index (κ1) is 19.7. The topological polar surface area (TPSA) is 52.6 Å². The number of ketones is 2. The largest absolute Gasteiger partial charge is 0.483 e. The maximum atomic E-state index is 12.2. The Balaban J connectivity index is 0.000000166. The number of allylic oxidation sites excluding steroid dienone is 1. The summed E-state index contributed by atoms with van der Waals surface area (Å²) in [5.74, 6) is 0.589. The average molecular weight is 401 g/mol. The van der Waals surface area contributed by atoms with Crippen LogP contribution >= 0.6 is 23.5 Å². The highest BCUT2D eigenvalue weighted by molar-refractivity contribution is 8.21. The number of carbonyl (C=O) groups is 2. The Morgan fingerprint density at radius 3 is 2.04 bits per heavy atom. The molecule has 2 aliphatic rings. The first-order chi connectivity index (χ1) is 13.2. The molecule has 6 heteroatoms. The van der Waals surface area contributed by atoms with E-state index in [4.69, 9.17) is 9.47 Å². The minimum absolute atomic E-state index is 0.000509. The smallest absolute Gasteiger partial charge is 0.229 e. The molecule has 0 atom stereocenters. The summed E-state index contributed by atoms with van der Waals surface area (Å²) in [5.41, 5.74) is 3.56. The van der Waals surface area contributed by atoms with Gasteiger partial charge >= 0.3 is 0 Å². The van der Waals surface area contributed by atoms with Crippen LogP contribution in [-0.4, -0.2) is 30.7 Å². The second kappa shape index (κ2) is 9.26. The third-order valence-corrected chi connectivity index (χ3v) is 6.32. The van der Waals surface area contributed by atoms with Crippen LogP contribution < -0.4 is 0 Å². The average Bonchev–Trinajstić information content (AvgIpc) is 2.72. The van der Waals surface area contributed by atoms with E-state index in [2.05, 4.69) is 0 Å². The Hall–Kier alpha value is -2.02. The minimum Gasteiger partial charge on any atom is -0.483 e. The predicted molar refractivity (Wildman–Crippen MR) is 110 cm³/mol. The molecule has 2 heterocycles. The van der Waals surface area contributed by atoms with Crippen LogP contribution in [0.3, 0.4) is 0 Å². The summed E-state index contributed by atoms with van der Waals surface area (Å²) in [6, 6.07) is 15.2. The molecule has 4 nitrogen and oxygen atoms in total. The molecule has 2 aromatic carbocycles. The fourth-order valence-corrected chi connectivity index (χ4v) is 4.22. The van der Waals surface area contributed by atoms with E-state index in [-0.39, 0.29) is 18.2 Å². The number of ether oxygens (including phenoxy) is 2. The van der Waals surface area contributed by atoms with Gasteiger partial charge in [-0.05, 0) is 18.1 Å². The highest BCUT2D eigenvalue weighted by Gasteiger charge is 2.25. The summed E-state index contributed by atoms with van der Waals surface area (Å²) < 4.78 is 11.6. The Bertz CT molecular complexity index is 883. The molecule has 0 bridgehead atoms. The molecule has 0 N–H and O–H groups in total. The Morgan fingerprint density at radius 1 is 0.815 bits per heavy atom. The highest BCUT2D eigenvalue weighted by Crippen LogP contribution is 2.33. The van der Waals surface area contributed by atoms with Crippen molar-refractivity contribution < 1.29 is 19.1 Å². The summed E-state index contributed by atoms with van der Waals surface area (Å²) in [4.78, 5) is 23.3. The van der Waals surface area contributed by atoms with E-state index >= 15 is 0 Å². The van der Waals surface area contributed by atoms with Gasteiger partial charge in [0.15, 0.2) is 11.5 Å². The quantitative estimate of drug-likeness (QED) is 0.682. The number of Topliss-reactive ketones (excluding diaryl/α,β-unsaturated/α-hetero) is 2. The maximum absolute atomic E-state index is 12.2. The lowest BCUT2D eigenvalue weighted by Gasteiger charge is -2.20. The lowest BCUT2D eigenvalue weighted by molar-refractivity contribution is 0.0665. The van der Waals surface area contributed by atoms with Crippen LogP contribution in [0.1, 0.15) is 31.8 Å². The van der Waals surface area contributed by atoms with Crippen molar-refractivity contribution in [1.29, 1.82) is 0 Å². The summed E-state index contributed by atoms with van der Waals surface area (Å²) in [7, 11) is 0. The Kier molecular flexibility index (Phi) is 6.77. The number of thioether (sulfide) groups is 2. The lowest BCUT2D eigenvalue weighted by atomic mass is 10.0. The first-order valence-electron chi connectivity index (χ1n) is 8.42. The van der Waals surface area contributed by atoms with Crippen molar-refractivity contribution in [1.82, 2.24) is 0 Å². The van der Waals surface area contributed by atoms with Gasteiger partial charge in [0.05, 0.1) is 10.8 Å². The molecule has 0 amide bonds. The lowest BCUT2D eigenvalue weighted by Crippen LogP contribution is -2.17. The molecule has 0 saturated carbocycles. The van der Waals surface area contributed by atoms with Crippen LogP contribution in [0, 0.1) is 0 Å². The predicted octanol–water partition coefficient (Wildman–Crippen LogP) is 4.69. The SMILES string of the molecule is CSC(SC)=C1OCc2ccccc2C1=O.O=C1COCc2ccccc21. The first-order valence-corrected chi connectivity index (χ1v) is 10.9. The minimum atomic E-state index is 0.000509. The summed E-state index contributed by atoms with van der Waals surface area (Å²) in [6.45, 7) is 1.29. The fourth-order valence-electron chi connectivity index (χ4n) is 2.88. The van der Waals surface area contributed by atoms with E-state index in [1.807, 2.05) is 61.0 Å². The van der Waals surface area contributed by atoms with E-state index in [1.165, 1.54) is 0 Å². The highest BCUT2D eigenvalue weighted by atomic mass is 32.2. The molecule has 0 aliphatic carbocycles. The standard InChI is InChI=1S/C12H12O2S2.C9H8O2/c1-15-12(16-2)11-10(13)9-6-4-3-5-8(9)7-14-11;10-9-6-11-5-7-3-1-2-4-8(7)9/h3-6H,7H2,1-2H3;1-4H,5-6H2. The van der Waals surface area contributed by atoms with Crippen LogP contribution in [0.25, 0.3) is 0 Å². The number of hydrogen-bond acceptors (Lipinski definition) is 6.